The largest absolute Gasteiger partial charge is 0.320 e. The molecular weight excluding hydrogens is 454 g/mol. The number of carbonyl (C=O) groups is 1. The lowest BCUT2D eigenvalue weighted by Gasteiger charge is -2.10. The van der Waals surface area contributed by atoms with E-state index in [2.05, 4.69) is 42.3 Å². The molecular formula is C12H9Br2N5O5. The molecule has 0 bridgehead atoms. The summed E-state index contributed by atoms with van der Waals surface area (Å²) in [5.41, 5.74) is -0.608. The monoisotopic (exact) mass is 461 g/mol. The standard InChI is InChI=1S/C12H9Br2N5O5/c1-2-17-11(9(5-15-17)19(23)24)12(20)16-10-7(13)3-6(18(21)22)4-8(10)14/h3-5H,2H2,1H3,(H,16,20). The molecule has 1 amide bonds. The van der Waals surface area contributed by atoms with E-state index in [0.717, 1.165) is 6.20 Å². The zero-order valence-corrected chi connectivity index (χ0v) is 15.2. The molecule has 0 aliphatic rings. The molecule has 0 radical (unpaired) electrons. The second kappa shape index (κ2) is 7.05. The van der Waals surface area contributed by atoms with Crippen LogP contribution in [0.15, 0.2) is 27.3 Å². The Morgan fingerprint density at radius 2 is 1.83 bits per heavy atom. The lowest BCUT2D eigenvalue weighted by molar-refractivity contribution is -0.385. The number of nitrogens with one attached hydrogen (secondary N) is 1. The van der Waals surface area contributed by atoms with E-state index >= 15 is 0 Å². The summed E-state index contributed by atoms with van der Waals surface area (Å²) in [6, 6.07) is 2.43. The number of aryl methyl sites for hydroxylation is 1. The number of non-ortho nitro benzene ring substituents is 1. The fourth-order valence-electron chi connectivity index (χ4n) is 1.94. The van der Waals surface area contributed by atoms with E-state index in [1.165, 1.54) is 16.8 Å². The zero-order chi connectivity index (χ0) is 18.0. The summed E-state index contributed by atoms with van der Waals surface area (Å²) < 4.78 is 1.70. The minimum absolute atomic E-state index is 0.184. The molecule has 1 heterocycles. The summed E-state index contributed by atoms with van der Waals surface area (Å²) in [6.07, 6.45) is 0.998. The Hall–Kier alpha value is -2.34. The van der Waals surface area contributed by atoms with Crippen LogP contribution in [0.1, 0.15) is 17.4 Å². The number of nitro benzene ring substituents is 1. The molecule has 1 aromatic carbocycles. The van der Waals surface area contributed by atoms with Crippen LogP contribution < -0.4 is 5.32 Å². The van der Waals surface area contributed by atoms with Gasteiger partial charge in [0.25, 0.3) is 11.6 Å². The quantitative estimate of drug-likeness (QED) is 0.533. The van der Waals surface area contributed by atoms with Gasteiger partial charge in [0.1, 0.15) is 6.20 Å². The predicted octanol–water partition coefficient (Wildman–Crippen LogP) is 3.50. The first kappa shape index (κ1) is 18.0. The number of aromatic nitrogens is 2. The third kappa shape index (κ3) is 3.43. The fourth-order valence-corrected chi connectivity index (χ4v) is 3.30. The van der Waals surface area contributed by atoms with Crippen LogP contribution in [0.5, 0.6) is 0 Å². The molecule has 1 aromatic heterocycles. The van der Waals surface area contributed by atoms with Crippen molar-refractivity contribution in [3.05, 3.63) is 53.2 Å². The highest BCUT2D eigenvalue weighted by Crippen LogP contribution is 2.35. The van der Waals surface area contributed by atoms with Crippen molar-refractivity contribution >= 4 is 54.8 Å². The maximum absolute atomic E-state index is 12.5. The molecule has 126 valence electrons. The summed E-state index contributed by atoms with van der Waals surface area (Å²) in [6.45, 7) is 1.95. The van der Waals surface area contributed by atoms with Gasteiger partial charge in [0.2, 0.25) is 5.69 Å². The van der Waals surface area contributed by atoms with Gasteiger partial charge < -0.3 is 5.32 Å². The maximum atomic E-state index is 12.5. The number of carbonyl (C=O) groups excluding carboxylic acids is 1. The van der Waals surface area contributed by atoms with Gasteiger partial charge in [0, 0.05) is 27.6 Å². The van der Waals surface area contributed by atoms with Crippen molar-refractivity contribution in [3.8, 4) is 0 Å². The SMILES string of the molecule is CCn1ncc([N+](=O)[O-])c1C(=O)Nc1c(Br)cc([N+](=O)[O-])cc1Br. The van der Waals surface area contributed by atoms with Crippen molar-refractivity contribution in [1.82, 2.24) is 9.78 Å². The Bertz CT molecular complexity index is 827. The number of hydrogen-bond acceptors (Lipinski definition) is 6. The van der Waals surface area contributed by atoms with E-state index in [0.29, 0.717) is 0 Å². The maximum Gasteiger partial charge on any atom is 0.320 e. The highest BCUT2D eigenvalue weighted by molar-refractivity contribution is 9.11. The lowest BCUT2D eigenvalue weighted by atomic mass is 10.2. The molecule has 24 heavy (non-hydrogen) atoms. The Morgan fingerprint density at radius 3 is 2.29 bits per heavy atom. The Kier molecular flexibility index (Phi) is 5.29. The number of nitro groups is 2. The van der Waals surface area contributed by atoms with Gasteiger partial charge in [0.15, 0.2) is 0 Å². The molecule has 12 heteroatoms. The van der Waals surface area contributed by atoms with Crippen LogP contribution in [-0.4, -0.2) is 25.5 Å². The van der Waals surface area contributed by atoms with Gasteiger partial charge in [-0.3, -0.25) is 29.7 Å². The van der Waals surface area contributed by atoms with Crippen LogP contribution in [0.2, 0.25) is 0 Å². The molecule has 0 unspecified atom stereocenters. The molecule has 0 fully saturated rings. The van der Waals surface area contributed by atoms with E-state index in [1.807, 2.05) is 0 Å². The van der Waals surface area contributed by atoms with E-state index < -0.39 is 21.4 Å². The van der Waals surface area contributed by atoms with Gasteiger partial charge in [-0.15, -0.1) is 0 Å². The second-order valence-electron chi connectivity index (χ2n) is 4.45. The summed E-state index contributed by atoms with van der Waals surface area (Å²) in [4.78, 5) is 33.0. The first-order valence-corrected chi connectivity index (χ1v) is 7.99. The van der Waals surface area contributed by atoms with Crippen LogP contribution in [0.3, 0.4) is 0 Å². The highest BCUT2D eigenvalue weighted by Gasteiger charge is 2.27. The Balaban J connectivity index is 2.43. The van der Waals surface area contributed by atoms with Gasteiger partial charge in [-0.25, -0.2) is 0 Å². The van der Waals surface area contributed by atoms with Crippen LogP contribution in [-0.2, 0) is 6.54 Å². The minimum Gasteiger partial charge on any atom is -0.318 e. The predicted molar refractivity (Wildman–Crippen MR) is 91.0 cm³/mol. The summed E-state index contributed by atoms with van der Waals surface area (Å²) in [5, 5.41) is 28.2. The van der Waals surface area contributed by atoms with Gasteiger partial charge in [-0.2, -0.15) is 5.10 Å². The number of benzene rings is 1. The number of amides is 1. The number of nitrogens with zero attached hydrogens (tertiary/aromatic N) is 4. The van der Waals surface area contributed by atoms with E-state index in [1.54, 1.807) is 6.92 Å². The molecule has 10 nitrogen and oxygen atoms in total. The van der Waals surface area contributed by atoms with Crippen LogP contribution in [0.4, 0.5) is 17.1 Å². The van der Waals surface area contributed by atoms with Crippen molar-refractivity contribution < 1.29 is 14.6 Å². The number of hydrogen-bond donors (Lipinski definition) is 1. The number of rotatable bonds is 5. The smallest absolute Gasteiger partial charge is 0.318 e. The first-order chi connectivity index (χ1) is 11.3. The molecule has 0 spiro atoms. The van der Waals surface area contributed by atoms with Crippen LogP contribution >= 0.6 is 31.9 Å². The van der Waals surface area contributed by atoms with Crippen molar-refractivity contribution in [3.63, 3.8) is 0 Å². The van der Waals surface area contributed by atoms with Crippen molar-refractivity contribution in [2.24, 2.45) is 0 Å². The number of halogens is 2. The van der Waals surface area contributed by atoms with E-state index in [-0.39, 0.29) is 32.6 Å². The topological polar surface area (TPSA) is 133 Å². The van der Waals surface area contributed by atoms with Crippen LogP contribution in [0, 0.1) is 20.2 Å². The van der Waals surface area contributed by atoms with Crippen LogP contribution in [0.25, 0.3) is 0 Å². The lowest BCUT2D eigenvalue weighted by Crippen LogP contribution is -2.19. The molecule has 2 aromatic rings. The third-order valence-electron chi connectivity index (χ3n) is 3.01. The molecule has 0 saturated carbocycles. The van der Waals surface area contributed by atoms with Crippen molar-refractivity contribution in [2.45, 2.75) is 13.5 Å². The molecule has 0 saturated heterocycles. The summed E-state index contributed by atoms with van der Waals surface area (Å²) >= 11 is 6.27. The zero-order valence-electron chi connectivity index (χ0n) is 12.0. The average molecular weight is 463 g/mol. The molecule has 1 N–H and O–H groups in total. The average Bonchev–Trinajstić information content (AvgIpc) is 2.94. The van der Waals surface area contributed by atoms with E-state index in [4.69, 9.17) is 0 Å². The normalized spacial score (nSPS) is 10.5. The minimum atomic E-state index is -0.753. The van der Waals surface area contributed by atoms with E-state index in [9.17, 15) is 25.0 Å². The Morgan fingerprint density at radius 1 is 1.25 bits per heavy atom. The van der Waals surface area contributed by atoms with Gasteiger partial charge in [-0.1, -0.05) is 0 Å². The molecule has 0 atom stereocenters. The van der Waals surface area contributed by atoms with Crippen molar-refractivity contribution in [1.29, 1.82) is 0 Å². The van der Waals surface area contributed by atoms with Gasteiger partial charge >= 0.3 is 5.69 Å². The van der Waals surface area contributed by atoms with Gasteiger partial charge in [0.05, 0.1) is 15.5 Å². The summed E-state index contributed by atoms with van der Waals surface area (Å²) in [5.74, 6) is -0.753. The molecule has 2 rings (SSSR count). The first-order valence-electron chi connectivity index (χ1n) is 6.41. The Labute approximate surface area is 151 Å². The molecule has 0 aliphatic carbocycles. The number of anilines is 1. The van der Waals surface area contributed by atoms with Crippen molar-refractivity contribution in [2.75, 3.05) is 5.32 Å². The second-order valence-corrected chi connectivity index (χ2v) is 6.16. The molecule has 0 aliphatic heterocycles. The summed E-state index contributed by atoms with van der Waals surface area (Å²) in [7, 11) is 0. The fraction of sp³-hybridized carbons (Fsp3) is 0.167. The highest BCUT2D eigenvalue weighted by atomic mass is 79.9. The van der Waals surface area contributed by atoms with Gasteiger partial charge in [-0.05, 0) is 38.8 Å². The third-order valence-corrected chi connectivity index (χ3v) is 4.26.